The van der Waals surface area contributed by atoms with E-state index < -0.39 is 5.91 Å². The summed E-state index contributed by atoms with van der Waals surface area (Å²) in [7, 11) is 0. The lowest BCUT2D eigenvalue weighted by molar-refractivity contribution is -0.112. The fraction of sp³-hybridized carbons (Fsp3) is 0.278. The number of nitrogens with one attached hydrogen (secondary N) is 2. The van der Waals surface area contributed by atoms with E-state index in [0.717, 1.165) is 10.6 Å². The highest BCUT2D eigenvalue weighted by atomic mass is 32.1. The normalized spacial score (nSPS) is 11.2. The average Bonchev–Trinajstić information content (AvgIpc) is 2.86. The van der Waals surface area contributed by atoms with Gasteiger partial charge in [-0.3, -0.25) is 4.79 Å². The highest BCUT2D eigenvalue weighted by Crippen LogP contribution is 2.21. The van der Waals surface area contributed by atoms with Crippen LogP contribution in [0, 0.1) is 25.2 Å². The van der Waals surface area contributed by atoms with Crippen molar-refractivity contribution in [1.82, 2.24) is 4.98 Å². The van der Waals surface area contributed by atoms with Crippen molar-refractivity contribution in [3.63, 3.8) is 0 Å². The smallest absolute Gasteiger partial charge is 0.267 e. The zero-order valence-electron chi connectivity index (χ0n) is 14.2. The van der Waals surface area contributed by atoms with Gasteiger partial charge in [0.05, 0.1) is 5.69 Å². The minimum absolute atomic E-state index is 0.00607. The van der Waals surface area contributed by atoms with Gasteiger partial charge in [0.2, 0.25) is 0 Å². The largest absolute Gasteiger partial charge is 0.337 e. The molecular weight excluding hydrogens is 320 g/mol. The Labute approximate surface area is 146 Å². The molecule has 0 radical (unpaired) electrons. The molecule has 0 saturated heterocycles. The average molecular weight is 340 g/mol. The minimum atomic E-state index is -0.452. The van der Waals surface area contributed by atoms with Crippen molar-refractivity contribution < 1.29 is 4.79 Å². The Morgan fingerprint density at radius 1 is 1.29 bits per heavy atom. The molecule has 0 atom stereocenters. The molecule has 2 aromatic rings. The first-order chi connectivity index (χ1) is 11.4. The van der Waals surface area contributed by atoms with Crippen molar-refractivity contribution in [1.29, 1.82) is 5.26 Å². The van der Waals surface area contributed by atoms with E-state index in [1.165, 1.54) is 23.1 Å². The second-order valence-electron chi connectivity index (χ2n) is 5.71. The Morgan fingerprint density at radius 2 is 1.96 bits per heavy atom. The van der Waals surface area contributed by atoms with E-state index in [9.17, 15) is 10.1 Å². The summed E-state index contributed by atoms with van der Waals surface area (Å²) in [5, 5.41) is 15.5. The van der Waals surface area contributed by atoms with Gasteiger partial charge in [-0.15, -0.1) is 11.3 Å². The minimum Gasteiger partial charge on any atom is -0.337 e. The maximum absolute atomic E-state index is 12.2. The molecule has 6 heteroatoms. The Morgan fingerprint density at radius 3 is 2.46 bits per heavy atom. The van der Waals surface area contributed by atoms with Gasteiger partial charge in [-0.1, -0.05) is 26.0 Å². The summed E-state index contributed by atoms with van der Waals surface area (Å²) in [5.41, 5.74) is 2.78. The highest BCUT2D eigenvalue weighted by Gasteiger charge is 2.10. The topological polar surface area (TPSA) is 77.8 Å². The van der Waals surface area contributed by atoms with Gasteiger partial charge in [0.25, 0.3) is 5.91 Å². The number of hydrogen-bond acceptors (Lipinski definition) is 5. The molecule has 24 heavy (non-hydrogen) atoms. The number of rotatable bonds is 5. The van der Waals surface area contributed by atoms with Gasteiger partial charge in [-0.2, -0.15) is 5.26 Å². The molecule has 1 amide bonds. The van der Waals surface area contributed by atoms with Crippen molar-refractivity contribution >= 4 is 28.1 Å². The van der Waals surface area contributed by atoms with E-state index >= 15 is 0 Å². The van der Waals surface area contributed by atoms with Gasteiger partial charge in [0, 0.05) is 16.8 Å². The van der Waals surface area contributed by atoms with Gasteiger partial charge in [-0.25, -0.2) is 4.98 Å². The molecule has 0 bridgehead atoms. The second kappa shape index (κ2) is 7.75. The number of nitriles is 1. The summed E-state index contributed by atoms with van der Waals surface area (Å²) in [4.78, 5) is 17.6. The first kappa shape index (κ1) is 17.7. The standard InChI is InChI=1S/C18H20N4OS/c1-11(2)14-5-7-16(8-6-14)22-17(23)15(9-19)10-20-18-21-12(3)13(4)24-18/h5-8,10-11H,1-4H3,(H,20,21)(H,22,23)/b15-10-. The summed E-state index contributed by atoms with van der Waals surface area (Å²) in [6.07, 6.45) is 1.38. The molecule has 1 aromatic heterocycles. The Bertz CT molecular complexity index is 778. The lowest BCUT2D eigenvalue weighted by Crippen LogP contribution is -2.14. The molecule has 0 aliphatic heterocycles. The van der Waals surface area contributed by atoms with E-state index in [-0.39, 0.29) is 5.57 Å². The number of nitrogens with zero attached hydrogens (tertiary/aromatic N) is 2. The van der Waals surface area contributed by atoms with Crippen LogP contribution < -0.4 is 10.6 Å². The monoisotopic (exact) mass is 340 g/mol. The number of hydrogen-bond donors (Lipinski definition) is 2. The molecular formula is C18H20N4OS. The van der Waals surface area contributed by atoms with Crippen LogP contribution in [0.25, 0.3) is 0 Å². The summed E-state index contributed by atoms with van der Waals surface area (Å²) in [6, 6.07) is 9.52. The summed E-state index contributed by atoms with van der Waals surface area (Å²) >= 11 is 1.48. The van der Waals surface area contributed by atoms with E-state index in [1.807, 2.05) is 44.2 Å². The lowest BCUT2D eigenvalue weighted by Gasteiger charge is -2.08. The molecule has 5 nitrogen and oxygen atoms in total. The van der Waals surface area contributed by atoms with Crippen molar-refractivity contribution in [2.45, 2.75) is 33.6 Å². The third kappa shape index (κ3) is 4.43. The number of carbonyl (C=O) groups is 1. The fourth-order valence-corrected chi connectivity index (χ4v) is 2.75. The summed E-state index contributed by atoms with van der Waals surface area (Å²) in [6.45, 7) is 8.11. The van der Waals surface area contributed by atoms with Crippen molar-refractivity contribution in [3.05, 3.63) is 52.2 Å². The molecule has 0 fully saturated rings. The molecule has 1 aromatic carbocycles. The third-order valence-electron chi connectivity index (χ3n) is 3.57. The number of amides is 1. The van der Waals surface area contributed by atoms with Crippen LogP contribution in [0.15, 0.2) is 36.0 Å². The summed E-state index contributed by atoms with van der Waals surface area (Å²) in [5.74, 6) is -0.0222. The molecule has 0 aliphatic rings. The molecule has 1 heterocycles. The Hall–Kier alpha value is -2.65. The predicted molar refractivity (Wildman–Crippen MR) is 98.1 cm³/mol. The van der Waals surface area contributed by atoms with Crippen LogP contribution in [0.2, 0.25) is 0 Å². The van der Waals surface area contributed by atoms with E-state index in [1.54, 1.807) is 0 Å². The number of aromatic nitrogens is 1. The van der Waals surface area contributed by atoms with Crippen LogP contribution in [0.3, 0.4) is 0 Å². The molecule has 2 N–H and O–H groups in total. The molecule has 124 valence electrons. The fourth-order valence-electron chi connectivity index (χ4n) is 1.97. The number of aryl methyl sites for hydroxylation is 2. The number of benzene rings is 1. The first-order valence-corrected chi connectivity index (χ1v) is 8.44. The molecule has 0 aliphatic carbocycles. The molecule has 0 unspecified atom stereocenters. The Kier molecular flexibility index (Phi) is 5.72. The number of thiazole rings is 1. The third-order valence-corrected chi connectivity index (χ3v) is 4.57. The molecule has 2 rings (SSSR count). The van der Waals surface area contributed by atoms with E-state index in [2.05, 4.69) is 29.5 Å². The van der Waals surface area contributed by atoms with E-state index in [4.69, 9.17) is 0 Å². The van der Waals surface area contributed by atoms with Gasteiger partial charge < -0.3 is 10.6 Å². The maximum Gasteiger partial charge on any atom is 0.267 e. The second-order valence-corrected chi connectivity index (χ2v) is 6.91. The van der Waals surface area contributed by atoms with Crippen LogP contribution >= 0.6 is 11.3 Å². The van der Waals surface area contributed by atoms with Gasteiger partial charge in [0.15, 0.2) is 5.13 Å². The highest BCUT2D eigenvalue weighted by molar-refractivity contribution is 7.15. The van der Waals surface area contributed by atoms with E-state index in [0.29, 0.717) is 16.7 Å². The van der Waals surface area contributed by atoms with Crippen LogP contribution in [0.5, 0.6) is 0 Å². The van der Waals surface area contributed by atoms with Gasteiger partial charge >= 0.3 is 0 Å². The lowest BCUT2D eigenvalue weighted by atomic mass is 10.0. The molecule has 0 spiro atoms. The van der Waals surface area contributed by atoms with Crippen LogP contribution in [-0.2, 0) is 4.79 Å². The van der Waals surface area contributed by atoms with Crippen molar-refractivity contribution in [3.8, 4) is 6.07 Å². The molecule has 0 saturated carbocycles. The predicted octanol–water partition coefficient (Wildman–Crippen LogP) is 4.34. The number of carbonyl (C=O) groups excluding carboxylic acids is 1. The first-order valence-electron chi connectivity index (χ1n) is 7.63. The quantitative estimate of drug-likeness (QED) is 0.627. The van der Waals surface area contributed by atoms with Gasteiger partial charge in [-0.05, 0) is 37.5 Å². The maximum atomic E-state index is 12.2. The Balaban J connectivity index is 2.05. The van der Waals surface area contributed by atoms with Gasteiger partial charge in [0.1, 0.15) is 11.6 Å². The van der Waals surface area contributed by atoms with Crippen molar-refractivity contribution in [2.75, 3.05) is 10.6 Å². The summed E-state index contributed by atoms with van der Waals surface area (Å²) < 4.78 is 0. The number of anilines is 2. The van der Waals surface area contributed by atoms with Crippen LogP contribution in [-0.4, -0.2) is 10.9 Å². The van der Waals surface area contributed by atoms with Crippen LogP contribution in [0.4, 0.5) is 10.8 Å². The zero-order valence-corrected chi connectivity index (χ0v) is 15.0. The van der Waals surface area contributed by atoms with Crippen molar-refractivity contribution in [2.24, 2.45) is 0 Å². The zero-order chi connectivity index (χ0) is 17.7. The van der Waals surface area contributed by atoms with Crippen LogP contribution in [0.1, 0.15) is 35.9 Å². The SMILES string of the molecule is Cc1nc(N/C=C(/C#N)C(=O)Nc2ccc(C(C)C)cc2)sc1C.